The molecule has 8 heteroatoms. The van der Waals surface area contributed by atoms with E-state index in [1.165, 1.54) is 12.1 Å². The molecule has 4 nitrogen and oxygen atoms in total. The van der Waals surface area contributed by atoms with Crippen molar-refractivity contribution in [1.29, 1.82) is 0 Å². The Hall–Kier alpha value is -3.58. The number of para-hydroxylation sites is 2. The summed E-state index contributed by atoms with van der Waals surface area (Å²) in [6.45, 7) is 0.115. The van der Waals surface area contributed by atoms with Gasteiger partial charge in [-0.05, 0) is 30.3 Å². The Kier molecular flexibility index (Phi) is 6.01. The van der Waals surface area contributed by atoms with E-state index in [-0.39, 0.29) is 12.3 Å². The summed E-state index contributed by atoms with van der Waals surface area (Å²) in [5.41, 5.74) is -0.538. The highest BCUT2D eigenvalue weighted by Crippen LogP contribution is 2.34. The van der Waals surface area contributed by atoms with Crippen molar-refractivity contribution in [3.05, 3.63) is 101 Å². The van der Waals surface area contributed by atoms with Crippen molar-refractivity contribution in [2.45, 2.75) is 12.8 Å². The SMILES string of the molecule is O=C1/C(=C\c2ccccc2OCc2ccccc2Cl)C(C(F)(F)F)=NN1c1ccccc1. The van der Waals surface area contributed by atoms with Crippen LogP contribution < -0.4 is 9.75 Å². The largest absolute Gasteiger partial charge is 0.488 e. The fourth-order valence-electron chi connectivity index (χ4n) is 3.16. The number of hydrazone groups is 1. The van der Waals surface area contributed by atoms with E-state index in [0.29, 0.717) is 16.3 Å². The third-order valence-corrected chi connectivity index (χ3v) is 5.08. The molecule has 0 radical (unpaired) electrons. The van der Waals surface area contributed by atoms with Crippen LogP contribution in [0.5, 0.6) is 5.75 Å². The van der Waals surface area contributed by atoms with Crippen molar-refractivity contribution in [3.8, 4) is 5.75 Å². The Morgan fingerprint density at radius 3 is 2.31 bits per heavy atom. The summed E-state index contributed by atoms with van der Waals surface area (Å²) in [7, 11) is 0. The molecule has 0 atom stereocenters. The van der Waals surface area contributed by atoms with Crippen molar-refractivity contribution in [3.63, 3.8) is 0 Å². The lowest BCUT2D eigenvalue weighted by Crippen LogP contribution is -2.25. The van der Waals surface area contributed by atoms with E-state index in [1.54, 1.807) is 66.7 Å². The first kappa shape index (κ1) is 21.6. The van der Waals surface area contributed by atoms with Gasteiger partial charge in [-0.1, -0.05) is 66.2 Å². The van der Waals surface area contributed by atoms with Gasteiger partial charge in [0.2, 0.25) is 0 Å². The number of hydrogen-bond acceptors (Lipinski definition) is 3. The van der Waals surface area contributed by atoms with E-state index >= 15 is 0 Å². The number of carbonyl (C=O) groups is 1. The molecule has 0 fully saturated rings. The van der Waals surface area contributed by atoms with Crippen LogP contribution in [-0.4, -0.2) is 17.8 Å². The zero-order valence-corrected chi connectivity index (χ0v) is 17.3. The second kappa shape index (κ2) is 8.88. The summed E-state index contributed by atoms with van der Waals surface area (Å²) in [6, 6.07) is 21.6. The van der Waals surface area contributed by atoms with Crippen LogP contribution in [0.1, 0.15) is 11.1 Å². The fraction of sp³-hybridized carbons (Fsp3) is 0.0833. The van der Waals surface area contributed by atoms with E-state index in [9.17, 15) is 18.0 Å². The van der Waals surface area contributed by atoms with E-state index in [0.717, 1.165) is 16.6 Å². The van der Waals surface area contributed by atoms with Crippen LogP contribution in [0, 0.1) is 0 Å². The number of nitrogens with zero attached hydrogens (tertiary/aromatic N) is 2. The monoisotopic (exact) mass is 456 g/mol. The van der Waals surface area contributed by atoms with Gasteiger partial charge in [-0.3, -0.25) is 4.79 Å². The highest BCUT2D eigenvalue weighted by molar-refractivity contribution is 6.34. The second-order valence-corrected chi connectivity index (χ2v) is 7.28. The highest BCUT2D eigenvalue weighted by Gasteiger charge is 2.46. The van der Waals surface area contributed by atoms with Crippen molar-refractivity contribution in [1.82, 2.24) is 0 Å². The third kappa shape index (κ3) is 4.53. The molecular weight excluding hydrogens is 441 g/mol. The number of rotatable bonds is 5. The minimum Gasteiger partial charge on any atom is -0.488 e. The average molecular weight is 457 g/mol. The quantitative estimate of drug-likeness (QED) is 0.425. The molecule has 0 saturated carbocycles. The highest BCUT2D eigenvalue weighted by atomic mass is 35.5. The molecule has 32 heavy (non-hydrogen) atoms. The van der Waals surface area contributed by atoms with Gasteiger partial charge in [0, 0.05) is 16.1 Å². The maximum Gasteiger partial charge on any atom is 0.435 e. The van der Waals surface area contributed by atoms with Gasteiger partial charge in [0.15, 0.2) is 5.71 Å². The van der Waals surface area contributed by atoms with Gasteiger partial charge in [0.1, 0.15) is 12.4 Å². The number of amides is 1. The fourth-order valence-corrected chi connectivity index (χ4v) is 3.35. The lowest BCUT2D eigenvalue weighted by molar-refractivity contribution is -0.114. The van der Waals surface area contributed by atoms with Crippen molar-refractivity contribution >= 4 is 35.0 Å². The van der Waals surface area contributed by atoms with Crippen LogP contribution in [0.25, 0.3) is 6.08 Å². The summed E-state index contributed by atoms with van der Waals surface area (Å²) < 4.78 is 46.9. The zero-order valence-electron chi connectivity index (χ0n) is 16.5. The standard InChI is InChI=1S/C24H16ClF3N2O2/c25-20-12-6-4-9-17(20)15-32-21-13-7-5-8-16(21)14-19-22(24(26,27)28)29-30(23(19)31)18-10-2-1-3-11-18/h1-14H,15H2/b19-14-. The van der Waals surface area contributed by atoms with Gasteiger partial charge in [-0.25, -0.2) is 0 Å². The van der Waals surface area contributed by atoms with Gasteiger partial charge >= 0.3 is 6.18 Å². The minimum absolute atomic E-state index is 0.115. The normalized spacial score (nSPS) is 15.2. The average Bonchev–Trinajstić information content (AvgIpc) is 3.11. The molecule has 162 valence electrons. The van der Waals surface area contributed by atoms with Gasteiger partial charge in [-0.15, -0.1) is 0 Å². The molecule has 0 aromatic heterocycles. The van der Waals surface area contributed by atoms with Crippen LogP contribution in [0.15, 0.2) is 89.5 Å². The maximum absolute atomic E-state index is 13.7. The number of alkyl halides is 3. The number of ether oxygens (including phenoxy) is 1. The molecule has 0 bridgehead atoms. The summed E-state index contributed by atoms with van der Waals surface area (Å²) in [4.78, 5) is 12.9. The molecular formula is C24H16ClF3N2O2. The van der Waals surface area contributed by atoms with Crippen molar-refractivity contribution in [2.24, 2.45) is 5.10 Å². The lowest BCUT2D eigenvalue weighted by Gasteiger charge is -2.12. The van der Waals surface area contributed by atoms with Gasteiger partial charge < -0.3 is 4.74 Å². The molecule has 1 amide bonds. The van der Waals surface area contributed by atoms with Crippen LogP contribution in [0.2, 0.25) is 5.02 Å². The molecule has 3 aromatic carbocycles. The topological polar surface area (TPSA) is 41.9 Å². The molecule has 0 N–H and O–H groups in total. The third-order valence-electron chi connectivity index (χ3n) is 4.71. The lowest BCUT2D eigenvalue weighted by atomic mass is 10.1. The summed E-state index contributed by atoms with van der Waals surface area (Å²) >= 11 is 6.15. The summed E-state index contributed by atoms with van der Waals surface area (Å²) in [6.07, 6.45) is -3.65. The number of hydrogen-bond donors (Lipinski definition) is 0. The Morgan fingerprint density at radius 2 is 1.59 bits per heavy atom. The van der Waals surface area contributed by atoms with Crippen LogP contribution in [0.4, 0.5) is 18.9 Å². The van der Waals surface area contributed by atoms with E-state index in [4.69, 9.17) is 16.3 Å². The Morgan fingerprint density at radius 1 is 0.938 bits per heavy atom. The Balaban J connectivity index is 1.69. The molecule has 3 aromatic rings. The second-order valence-electron chi connectivity index (χ2n) is 6.87. The Bertz CT molecular complexity index is 1210. The number of benzene rings is 3. The van der Waals surface area contributed by atoms with E-state index in [2.05, 4.69) is 5.10 Å². The van der Waals surface area contributed by atoms with E-state index < -0.39 is 23.4 Å². The first-order valence-electron chi connectivity index (χ1n) is 9.57. The smallest absolute Gasteiger partial charge is 0.435 e. The predicted octanol–water partition coefficient (Wildman–Crippen LogP) is 6.27. The first-order chi connectivity index (χ1) is 15.3. The molecule has 0 unspecified atom stereocenters. The molecule has 1 heterocycles. The molecule has 1 aliphatic heterocycles. The summed E-state index contributed by atoms with van der Waals surface area (Å²) in [5.74, 6) is -0.558. The molecule has 0 aliphatic carbocycles. The van der Waals surface area contributed by atoms with E-state index in [1.807, 2.05) is 0 Å². The maximum atomic E-state index is 13.7. The number of carbonyl (C=O) groups excluding carboxylic acids is 1. The minimum atomic E-state index is -4.81. The van der Waals surface area contributed by atoms with Gasteiger partial charge in [0.05, 0.1) is 11.3 Å². The summed E-state index contributed by atoms with van der Waals surface area (Å²) in [5, 5.41) is 4.84. The van der Waals surface area contributed by atoms with Gasteiger partial charge in [-0.2, -0.15) is 23.3 Å². The Labute approximate surface area is 187 Å². The molecule has 0 saturated heterocycles. The zero-order chi connectivity index (χ0) is 22.7. The van der Waals surface area contributed by atoms with Crippen LogP contribution >= 0.6 is 11.6 Å². The number of halogens is 4. The van der Waals surface area contributed by atoms with Crippen molar-refractivity contribution < 1.29 is 22.7 Å². The van der Waals surface area contributed by atoms with Crippen LogP contribution in [-0.2, 0) is 11.4 Å². The number of anilines is 1. The first-order valence-corrected chi connectivity index (χ1v) is 9.95. The molecule has 0 spiro atoms. The molecule has 1 aliphatic rings. The van der Waals surface area contributed by atoms with Crippen LogP contribution in [0.3, 0.4) is 0 Å². The van der Waals surface area contributed by atoms with Gasteiger partial charge in [0.25, 0.3) is 5.91 Å². The van der Waals surface area contributed by atoms with Crippen molar-refractivity contribution in [2.75, 3.05) is 5.01 Å². The predicted molar refractivity (Wildman–Crippen MR) is 118 cm³/mol. The molecule has 4 rings (SSSR count).